The van der Waals surface area contributed by atoms with Crippen molar-refractivity contribution in [2.45, 2.75) is 39.9 Å². The molecule has 0 saturated heterocycles. The summed E-state index contributed by atoms with van der Waals surface area (Å²) in [5.74, 6) is -1.76. The molecule has 0 unspecified atom stereocenters. The normalized spacial score (nSPS) is 10.9. The SMILES string of the molecule is CC(=O)c1nn(CC(=O)N(CC(=O)NCc2cccc(Cl)c2F)C(C)C)c2ccc(OC(N)=O)cc12. The van der Waals surface area contributed by atoms with Crippen molar-refractivity contribution < 1.29 is 28.3 Å². The highest BCUT2D eigenvalue weighted by Crippen LogP contribution is 2.25. The molecule has 0 aliphatic carbocycles. The van der Waals surface area contributed by atoms with Crippen molar-refractivity contribution in [3.05, 3.63) is 58.5 Å². The molecule has 0 saturated carbocycles. The van der Waals surface area contributed by atoms with Crippen molar-refractivity contribution in [3.8, 4) is 5.75 Å². The van der Waals surface area contributed by atoms with Crippen molar-refractivity contribution in [2.75, 3.05) is 6.54 Å². The van der Waals surface area contributed by atoms with Gasteiger partial charge in [-0.2, -0.15) is 5.10 Å². The van der Waals surface area contributed by atoms with E-state index in [0.29, 0.717) is 10.9 Å². The van der Waals surface area contributed by atoms with Crippen LogP contribution in [0.4, 0.5) is 9.18 Å². The Balaban J connectivity index is 1.77. The van der Waals surface area contributed by atoms with Gasteiger partial charge in [-0.1, -0.05) is 23.7 Å². The van der Waals surface area contributed by atoms with E-state index in [9.17, 15) is 23.6 Å². The second-order valence-electron chi connectivity index (χ2n) is 8.27. The van der Waals surface area contributed by atoms with Crippen LogP contribution in [0, 0.1) is 5.82 Å². The maximum absolute atomic E-state index is 14.1. The van der Waals surface area contributed by atoms with Gasteiger partial charge in [-0.15, -0.1) is 0 Å². The first-order valence-corrected chi connectivity index (χ1v) is 11.3. The Hall–Kier alpha value is -3.99. The number of ketones is 1. The van der Waals surface area contributed by atoms with Crippen molar-refractivity contribution in [1.82, 2.24) is 20.0 Å². The highest BCUT2D eigenvalue weighted by atomic mass is 35.5. The van der Waals surface area contributed by atoms with E-state index in [1.54, 1.807) is 26.0 Å². The van der Waals surface area contributed by atoms with Gasteiger partial charge in [-0.3, -0.25) is 19.1 Å². The number of benzene rings is 2. The number of halogens is 2. The molecule has 0 aliphatic rings. The molecule has 2 aromatic carbocycles. The molecule has 3 amide bonds. The van der Waals surface area contributed by atoms with Crippen LogP contribution < -0.4 is 15.8 Å². The molecule has 190 valence electrons. The minimum absolute atomic E-state index is 0.0505. The third kappa shape index (κ3) is 6.16. The standard InChI is InChI=1S/C24H25ClFN5O5/c1-13(2)30(11-20(33)28-10-15-5-4-6-18(25)22(15)26)21(34)12-31-19-8-7-16(36-24(27)35)9-17(19)23(29-31)14(3)32/h4-9,13H,10-12H2,1-3H3,(H2,27,35)(H,28,33). The maximum atomic E-state index is 14.1. The molecule has 1 heterocycles. The van der Waals surface area contributed by atoms with Crippen LogP contribution in [0.25, 0.3) is 10.9 Å². The Morgan fingerprint density at radius 2 is 1.94 bits per heavy atom. The van der Waals surface area contributed by atoms with E-state index >= 15 is 0 Å². The summed E-state index contributed by atoms with van der Waals surface area (Å²) in [6.45, 7) is 4.20. The van der Waals surface area contributed by atoms with Gasteiger partial charge < -0.3 is 20.7 Å². The monoisotopic (exact) mass is 517 g/mol. The van der Waals surface area contributed by atoms with E-state index in [2.05, 4.69) is 10.4 Å². The number of Topliss-reactive ketones (excluding diaryl/α,β-unsaturated/α-hetero) is 1. The number of hydrogen-bond acceptors (Lipinski definition) is 6. The smallest absolute Gasteiger partial charge is 0.409 e. The van der Waals surface area contributed by atoms with Gasteiger partial charge in [0.25, 0.3) is 0 Å². The molecule has 0 fully saturated rings. The molecule has 36 heavy (non-hydrogen) atoms. The fourth-order valence-electron chi connectivity index (χ4n) is 3.59. The van der Waals surface area contributed by atoms with Gasteiger partial charge in [-0.25, -0.2) is 9.18 Å². The number of fused-ring (bicyclic) bond motifs is 1. The van der Waals surface area contributed by atoms with Crippen LogP contribution in [0.5, 0.6) is 5.75 Å². The second-order valence-corrected chi connectivity index (χ2v) is 8.67. The quantitative estimate of drug-likeness (QED) is 0.419. The molecular formula is C24H25ClFN5O5. The van der Waals surface area contributed by atoms with Crippen molar-refractivity contribution in [2.24, 2.45) is 5.73 Å². The van der Waals surface area contributed by atoms with Crippen molar-refractivity contribution in [1.29, 1.82) is 0 Å². The molecule has 3 rings (SSSR count). The van der Waals surface area contributed by atoms with Gasteiger partial charge in [-0.05, 0) is 38.1 Å². The lowest BCUT2D eigenvalue weighted by Crippen LogP contribution is -2.45. The Morgan fingerprint density at radius 1 is 1.22 bits per heavy atom. The molecule has 12 heteroatoms. The minimum atomic E-state index is -1.01. The van der Waals surface area contributed by atoms with E-state index in [1.165, 1.54) is 40.8 Å². The van der Waals surface area contributed by atoms with E-state index in [4.69, 9.17) is 22.1 Å². The first-order valence-electron chi connectivity index (χ1n) is 11.0. The van der Waals surface area contributed by atoms with Crippen LogP contribution in [0.3, 0.4) is 0 Å². The van der Waals surface area contributed by atoms with Gasteiger partial charge in [0, 0.05) is 30.5 Å². The van der Waals surface area contributed by atoms with E-state index in [0.717, 1.165) is 0 Å². The summed E-state index contributed by atoms with van der Waals surface area (Å²) in [7, 11) is 0. The summed E-state index contributed by atoms with van der Waals surface area (Å²) in [4.78, 5) is 50.2. The number of ether oxygens (including phenoxy) is 1. The fourth-order valence-corrected chi connectivity index (χ4v) is 3.78. The number of carbonyl (C=O) groups excluding carboxylic acids is 4. The third-order valence-electron chi connectivity index (χ3n) is 5.32. The molecular weight excluding hydrogens is 493 g/mol. The number of nitrogens with two attached hydrogens (primary N) is 1. The van der Waals surface area contributed by atoms with Crippen molar-refractivity contribution >= 4 is 46.2 Å². The summed E-state index contributed by atoms with van der Waals surface area (Å²) in [6, 6.07) is 8.59. The first kappa shape index (κ1) is 26.6. The van der Waals surface area contributed by atoms with Crippen molar-refractivity contribution in [3.63, 3.8) is 0 Å². The van der Waals surface area contributed by atoms with Gasteiger partial charge in [0.15, 0.2) is 5.78 Å². The Morgan fingerprint density at radius 3 is 2.58 bits per heavy atom. The zero-order valence-corrected chi connectivity index (χ0v) is 20.6. The van der Waals surface area contributed by atoms with Gasteiger partial charge >= 0.3 is 6.09 Å². The number of amides is 3. The lowest BCUT2D eigenvalue weighted by atomic mass is 10.1. The van der Waals surface area contributed by atoms with E-state index in [-0.39, 0.29) is 53.5 Å². The minimum Gasteiger partial charge on any atom is -0.410 e. The summed E-state index contributed by atoms with van der Waals surface area (Å²) in [6.07, 6.45) is -1.01. The summed E-state index contributed by atoms with van der Waals surface area (Å²) in [5, 5.41) is 7.18. The second kappa shape index (κ2) is 11.2. The molecule has 0 radical (unpaired) electrons. The van der Waals surface area contributed by atoms with Gasteiger partial charge in [0.1, 0.15) is 23.8 Å². The number of nitrogens with zero attached hydrogens (tertiary/aromatic N) is 3. The average Bonchev–Trinajstić information content (AvgIpc) is 3.15. The largest absolute Gasteiger partial charge is 0.410 e. The number of primary amides is 1. The number of aromatic nitrogens is 2. The van der Waals surface area contributed by atoms with E-state index < -0.39 is 23.7 Å². The van der Waals surface area contributed by atoms with E-state index in [1.807, 2.05) is 0 Å². The third-order valence-corrected chi connectivity index (χ3v) is 5.62. The van der Waals surface area contributed by atoms with Gasteiger partial charge in [0.2, 0.25) is 11.8 Å². The lowest BCUT2D eigenvalue weighted by molar-refractivity contribution is -0.138. The van der Waals surface area contributed by atoms with Crippen LogP contribution in [-0.4, -0.2) is 51.0 Å². The lowest BCUT2D eigenvalue weighted by Gasteiger charge is -2.26. The summed E-state index contributed by atoms with van der Waals surface area (Å²) < 4.78 is 20.3. The zero-order valence-electron chi connectivity index (χ0n) is 19.9. The molecule has 3 aromatic rings. The van der Waals surface area contributed by atoms with Crippen LogP contribution in [0.15, 0.2) is 36.4 Å². The Bertz CT molecular complexity index is 1340. The topological polar surface area (TPSA) is 137 Å². The Kier molecular flexibility index (Phi) is 8.25. The number of hydrogen-bond donors (Lipinski definition) is 2. The van der Waals surface area contributed by atoms with Crippen LogP contribution >= 0.6 is 11.6 Å². The summed E-state index contributed by atoms with van der Waals surface area (Å²) >= 11 is 5.77. The highest BCUT2D eigenvalue weighted by molar-refractivity contribution is 6.30. The Labute approximate surface area is 211 Å². The van der Waals surface area contributed by atoms with Crippen LogP contribution in [-0.2, 0) is 22.7 Å². The molecule has 0 atom stereocenters. The maximum Gasteiger partial charge on any atom is 0.409 e. The number of carbonyl (C=O) groups is 4. The average molecular weight is 518 g/mol. The molecule has 0 spiro atoms. The molecule has 10 nitrogen and oxygen atoms in total. The van der Waals surface area contributed by atoms with Gasteiger partial charge in [0.05, 0.1) is 17.1 Å². The predicted molar refractivity (Wildman–Crippen MR) is 130 cm³/mol. The molecule has 0 aliphatic heterocycles. The summed E-state index contributed by atoms with van der Waals surface area (Å²) in [5.41, 5.74) is 5.81. The zero-order chi connectivity index (χ0) is 26.6. The highest BCUT2D eigenvalue weighted by Gasteiger charge is 2.23. The molecule has 0 bridgehead atoms. The molecule has 3 N–H and O–H groups in total. The fraction of sp³-hybridized carbons (Fsp3) is 0.292. The van der Waals surface area contributed by atoms with Crippen LogP contribution in [0.2, 0.25) is 5.02 Å². The van der Waals surface area contributed by atoms with Crippen LogP contribution in [0.1, 0.15) is 36.8 Å². The number of nitrogens with one attached hydrogen (secondary N) is 1. The predicted octanol–water partition coefficient (Wildman–Crippen LogP) is 3.04. The number of rotatable bonds is 9. The first-order chi connectivity index (χ1) is 17.0. The molecule has 1 aromatic heterocycles.